The standard InChI is InChI=1S/C13H15N3O6S.Na.H/c17-9-3-1-8(2-4-9)14-7-11(18)15-6-5-10-12(15)13(19)16(10)23(20,21)22;;/h1-4,10,12,14,17H,5-7H2,(H,20,21,22);;/q;+1;-1/t10-,12+;;/m1../s1. The summed E-state index contributed by atoms with van der Waals surface area (Å²) in [6.07, 6.45) is 0.307. The fraction of sp³-hybridized carbons (Fsp3) is 0.385. The van der Waals surface area contributed by atoms with Crippen molar-refractivity contribution in [1.29, 1.82) is 0 Å². The number of carbonyl (C=O) groups excluding carboxylic acids is 2. The van der Waals surface area contributed by atoms with E-state index in [0.717, 1.165) is 0 Å². The van der Waals surface area contributed by atoms with E-state index < -0.39 is 28.3 Å². The molecule has 2 amide bonds. The molecule has 2 aliphatic rings. The molecule has 9 nitrogen and oxygen atoms in total. The first-order valence-electron chi connectivity index (χ1n) is 6.92. The van der Waals surface area contributed by atoms with E-state index in [0.29, 0.717) is 16.4 Å². The second-order valence-electron chi connectivity index (χ2n) is 5.40. The van der Waals surface area contributed by atoms with Gasteiger partial charge in [0.1, 0.15) is 11.8 Å². The SMILES string of the molecule is O=C(CNc1ccc(O)cc1)N1CC[C@@H]2[C@H]1C(=O)N2S(=O)(=O)O.[H-].[Na+]. The summed E-state index contributed by atoms with van der Waals surface area (Å²) in [5, 5.41) is 12.1. The maximum Gasteiger partial charge on any atom is 1.00 e. The van der Waals surface area contributed by atoms with Crippen LogP contribution in [0.2, 0.25) is 0 Å². The van der Waals surface area contributed by atoms with Crippen molar-refractivity contribution in [3.05, 3.63) is 24.3 Å². The normalized spacial score (nSPS) is 22.5. The molecular formula is C13H16N3NaO6S. The quantitative estimate of drug-likeness (QED) is 0.219. The molecule has 2 fully saturated rings. The number of amides is 2. The minimum Gasteiger partial charge on any atom is -1.00 e. The smallest absolute Gasteiger partial charge is 1.00 e. The number of β-lactam (4-membered cyclic amide) rings is 1. The van der Waals surface area contributed by atoms with Crippen LogP contribution in [0.25, 0.3) is 0 Å². The number of aromatic hydroxyl groups is 1. The molecule has 3 N–H and O–H groups in total. The Balaban J connectivity index is 0.00000156. The number of benzene rings is 1. The third kappa shape index (κ3) is 3.38. The van der Waals surface area contributed by atoms with Gasteiger partial charge in [0.25, 0.3) is 5.91 Å². The second-order valence-corrected chi connectivity index (χ2v) is 6.69. The fourth-order valence-electron chi connectivity index (χ4n) is 2.95. The van der Waals surface area contributed by atoms with Gasteiger partial charge in [0.15, 0.2) is 0 Å². The predicted molar refractivity (Wildman–Crippen MR) is 80.0 cm³/mol. The van der Waals surface area contributed by atoms with Crippen molar-refractivity contribution in [2.75, 3.05) is 18.4 Å². The van der Waals surface area contributed by atoms with E-state index in [1.165, 1.54) is 17.0 Å². The van der Waals surface area contributed by atoms with Gasteiger partial charge in [-0.15, -0.1) is 0 Å². The molecule has 11 heteroatoms. The van der Waals surface area contributed by atoms with E-state index >= 15 is 0 Å². The summed E-state index contributed by atoms with van der Waals surface area (Å²) in [6, 6.07) is 4.63. The molecule has 0 bridgehead atoms. The molecule has 0 saturated carbocycles. The molecule has 2 heterocycles. The van der Waals surface area contributed by atoms with Crippen LogP contribution in [0.3, 0.4) is 0 Å². The third-order valence-corrected chi connectivity index (χ3v) is 4.97. The van der Waals surface area contributed by atoms with Gasteiger partial charge in [-0.3, -0.25) is 14.1 Å². The van der Waals surface area contributed by atoms with Crippen molar-refractivity contribution in [1.82, 2.24) is 9.21 Å². The molecule has 0 spiro atoms. The van der Waals surface area contributed by atoms with Gasteiger partial charge in [0.05, 0.1) is 12.6 Å². The number of hydrogen-bond acceptors (Lipinski definition) is 6. The Kier molecular flexibility index (Phi) is 5.45. The van der Waals surface area contributed by atoms with Gasteiger partial charge in [-0.05, 0) is 30.7 Å². The summed E-state index contributed by atoms with van der Waals surface area (Å²) in [6.45, 7) is 0.191. The largest absolute Gasteiger partial charge is 1.00 e. The number of phenolic OH excluding ortho intramolecular Hbond substituents is 1. The van der Waals surface area contributed by atoms with Crippen LogP contribution in [-0.4, -0.2) is 64.3 Å². The van der Waals surface area contributed by atoms with E-state index in [2.05, 4.69) is 5.32 Å². The first-order chi connectivity index (χ1) is 10.8. The zero-order valence-electron chi connectivity index (χ0n) is 13.9. The number of anilines is 1. The Morgan fingerprint density at radius 3 is 2.54 bits per heavy atom. The van der Waals surface area contributed by atoms with Crippen molar-refractivity contribution >= 4 is 27.8 Å². The maximum absolute atomic E-state index is 12.2. The second kappa shape index (κ2) is 6.89. The summed E-state index contributed by atoms with van der Waals surface area (Å²) in [5.41, 5.74) is 0.631. The number of rotatable bonds is 4. The number of fused-ring (bicyclic) bond motifs is 1. The number of hydrogen-bond donors (Lipinski definition) is 3. The van der Waals surface area contributed by atoms with Gasteiger partial charge in [-0.25, -0.2) is 4.31 Å². The van der Waals surface area contributed by atoms with Gasteiger partial charge in [0.2, 0.25) is 5.91 Å². The van der Waals surface area contributed by atoms with E-state index in [-0.39, 0.29) is 55.7 Å². The summed E-state index contributed by atoms with van der Waals surface area (Å²) in [7, 11) is -4.57. The maximum atomic E-state index is 12.2. The van der Waals surface area contributed by atoms with E-state index in [1.54, 1.807) is 12.1 Å². The zero-order valence-corrected chi connectivity index (χ0v) is 15.7. The molecule has 0 unspecified atom stereocenters. The fourth-order valence-corrected chi connectivity index (χ4v) is 3.85. The van der Waals surface area contributed by atoms with Crippen molar-refractivity contribution in [2.45, 2.75) is 18.5 Å². The minimum absolute atomic E-state index is 0. The number of nitrogens with one attached hydrogen (secondary N) is 1. The molecule has 24 heavy (non-hydrogen) atoms. The van der Waals surface area contributed by atoms with Crippen LogP contribution in [0, 0.1) is 0 Å². The van der Waals surface area contributed by atoms with E-state index in [4.69, 9.17) is 4.55 Å². The van der Waals surface area contributed by atoms with E-state index in [1.807, 2.05) is 0 Å². The summed E-state index contributed by atoms with van der Waals surface area (Å²) < 4.78 is 31.6. The van der Waals surface area contributed by atoms with Crippen LogP contribution in [0.4, 0.5) is 5.69 Å². The van der Waals surface area contributed by atoms with Crippen LogP contribution >= 0.6 is 0 Å². The third-order valence-electron chi connectivity index (χ3n) is 4.02. The Bertz CT molecular complexity index is 760. The van der Waals surface area contributed by atoms with Gasteiger partial charge in [-0.2, -0.15) is 8.42 Å². The number of phenols is 1. The van der Waals surface area contributed by atoms with Crippen LogP contribution in [0.15, 0.2) is 24.3 Å². The van der Waals surface area contributed by atoms with Crippen LogP contribution in [-0.2, 0) is 19.9 Å². The Morgan fingerprint density at radius 1 is 1.33 bits per heavy atom. The topological polar surface area (TPSA) is 127 Å². The molecule has 1 aromatic rings. The van der Waals surface area contributed by atoms with Crippen molar-refractivity contribution in [3.8, 4) is 5.75 Å². The van der Waals surface area contributed by atoms with Crippen molar-refractivity contribution < 1.29 is 58.7 Å². The average molecular weight is 365 g/mol. The molecule has 126 valence electrons. The summed E-state index contributed by atoms with van der Waals surface area (Å²) in [5.74, 6) is -1.02. The molecule has 0 radical (unpaired) electrons. The molecule has 1 aromatic carbocycles. The number of likely N-dealkylation sites (tertiary alicyclic amines) is 1. The van der Waals surface area contributed by atoms with Crippen LogP contribution < -0.4 is 34.9 Å². The molecular weight excluding hydrogens is 349 g/mol. The average Bonchev–Trinajstić information content (AvgIpc) is 2.83. The van der Waals surface area contributed by atoms with Gasteiger partial charge < -0.3 is 16.7 Å². The molecule has 3 rings (SSSR count). The van der Waals surface area contributed by atoms with Gasteiger partial charge in [-0.1, -0.05) is 0 Å². The zero-order chi connectivity index (χ0) is 16.8. The van der Waals surface area contributed by atoms with Crippen molar-refractivity contribution in [3.63, 3.8) is 0 Å². The molecule has 2 saturated heterocycles. The monoisotopic (exact) mass is 365 g/mol. The molecule has 2 aliphatic heterocycles. The Hall–Kier alpha value is -1.33. The van der Waals surface area contributed by atoms with Gasteiger partial charge in [0, 0.05) is 12.2 Å². The predicted octanol–water partition coefficient (Wildman–Crippen LogP) is -3.46. The minimum atomic E-state index is -4.57. The summed E-state index contributed by atoms with van der Waals surface area (Å²) in [4.78, 5) is 25.4. The Labute approximate surface area is 162 Å². The molecule has 0 aliphatic carbocycles. The van der Waals surface area contributed by atoms with Gasteiger partial charge >= 0.3 is 39.9 Å². The Morgan fingerprint density at radius 2 is 1.96 bits per heavy atom. The number of carbonyl (C=O) groups is 2. The van der Waals surface area contributed by atoms with Crippen LogP contribution in [0.1, 0.15) is 7.85 Å². The van der Waals surface area contributed by atoms with Crippen molar-refractivity contribution in [2.24, 2.45) is 0 Å². The summed E-state index contributed by atoms with van der Waals surface area (Å²) >= 11 is 0. The first-order valence-corrected chi connectivity index (χ1v) is 8.32. The molecule has 0 aromatic heterocycles. The number of nitrogens with zero attached hydrogens (tertiary/aromatic N) is 2. The first kappa shape index (κ1) is 19.0. The molecule has 2 atom stereocenters. The van der Waals surface area contributed by atoms with E-state index in [9.17, 15) is 23.1 Å². The van der Waals surface area contributed by atoms with Crippen LogP contribution in [0.5, 0.6) is 5.75 Å².